The van der Waals surface area contributed by atoms with Gasteiger partial charge in [0.1, 0.15) is 5.15 Å². The number of hydrogen-bond donors (Lipinski definition) is 1. The van der Waals surface area contributed by atoms with E-state index >= 15 is 0 Å². The van der Waals surface area contributed by atoms with Crippen molar-refractivity contribution in [1.82, 2.24) is 14.5 Å². The van der Waals surface area contributed by atoms with E-state index in [1.54, 1.807) is 6.07 Å². The number of rotatable bonds is 1. The molecule has 5 nitrogen and oxygen atoms in total. The molecule has 2 aromatic heterocycles. The van der Waals surface area contributed by atoms with Gasteiger partial charge >= 0.3 is 5.69 Å². The summed E-state index contributed by atoms with van der Waals surface area (Å²) in [4.78, 5) is 30.2. The number of hydrogen-bond acceptors (Lipinski definition) is 3. The number of nitrogens with zero attached hydrogens (tertiary/aromatic N) is 2. The number of fused-ring (bicyclic) bond motifs is 1. The monoisotopic (exact) mass is 273 g/mol. The van der Waals surface area contributed by atoms with Gasteiger partial charge < -0.3 is 0 Å². The van der Waals surface area contributed by atoms with E-state index in [1.165, 1.54) is 6.20 Å². The first-order valence-corrected chi connectivity index (χ1v) is 5.90. The Bertz CT molecular complexity index is 851. The molecule has 19 heavy (non-hydrogen) atoms. The lowest BCUT2D eigenvalue weighted by Gasteiger charge is -2.05. The van der Waals surface area contributed by atoms with Crippen molar-refractivity contribution in [3.05, 3.63) is 68.6 Å². The molecule has 0 aliphatic heterocycles. The van der Waals surface area contributed by atoms with Crippen molar-refractivity contribution in [3.63, 3.8) is 0 Å². The second-order valence-corrected chi connectivity index (χ2v) is 4.39. The van der Waals surface area contributed by atoms with E-state index in [4.69, 9.17) is 11.6 Å². The molecule has 94 valence electrons. The fourth-order valence-corrected chi connectivity index (χ4v) is 2.07. The predicted molar refractivity (Wildman–Crippen MR) is 73.0 cm³/mol. The van der Waals surface area contributed by atoms with Gasteiger partial charge in [0.05, 0.1) is 17.4 Å². The molecular weight excluding hydrogens is 266 g/mol. The number of aromatic amines is 1. The summed E-state index contributed by atoms with van der Waals surface area (Å²) in [5, 5.41) is 0.862. The highest BCUT2D eigenvalue weighted by Gasteiger charge is 2.07. The van der Waals surface area contributed by atoms with Gasteiger partial charge in [-0.25, -0.2) is 9.36 Å². The molecule has 0 atom stereocenters. The van der Waals surface area contributed by atoms with Gasteiger partial charge in [0.25, 0.3) is 5.56 Å². The second kappa shape index (κ2) is 4.37. The Hall–Kier alpha value is -2.40. The molecule has 0 saturated heterocycles. The van der Waals surface area contributed by atoms with E-state index in [1.807, 2.05) is 24.3 Å². The van der Waals surface area contributed by atoms with Crippen molar-refractivity contribution >= 4 is 22.5 Å². The maximum atomic E-state index is 11.8. The number of nitrogens with one attached hydrogen (secondary N) is 1. The summed E-state index contributed by atoms with van der Waals surface area (Å²) in [5.74, 6) is 0. The minimum absolute atomic E-state index is 0.0139. The largest absolute Gasteiger partial charge is 0.334 e. The average molecular weight is 274 g/mol. The molecule has 0 aliphatic rings. The van der Waals surface area contributed by atoms with Crippen molar-refractivity contribution in [2.45, 2.75) is 0 Å². The Balaban J connectivity index is 2.31. The van der Waals surface area contributed by atoms with E-state index in [9.17, 15) is 9.59 Å². The van der Waals surface area contributed by atoms with Gasteiger partial charge in [0.2, 0.25) is 0 Å². The molecule has 6 heteroatoms. The van der Waals surface area contributed by atoms with E-state index in [0.29, 0.717) is 5.69 Å². The molecule has 1 aromatic carbocycles. The number of pyridine rings is 1. The fourth-order valence-electron chi connectivity index (χ4n) is 1.89. The van der Waals surface area contributed by atoms with Gasteiger partial charge in [-0.05, 0) is 12.1 Å². The van der Waals surface area contributed by atoms with Crippen molar-refractivity contribution in [2.75, 3.05) is 0 Å². The molecule has 3 rings (SSSR count). The summed E-state index contributed by atoms with van der Waals surface area (Å²) in [7, 11) is 0. The second-order valence-electron chi connectivity index (χ2n) is 3.98. The molecular formula is C13H8ClN3O2. The summed E-state index contributed by atoms with van der Waals surface area (Å²) < 4.78 is 0.991. The molecule has 0 spiro atoms. The summed E-state index contributed by atoms with van der Waals surface area (Å²) in [6.45, 7) is 0. The van der Waals surface area contributed by atoms with Crippen LogP contribution in [-0.2, 0) is 0 Å². The third-order valence-corrected chi connectivity index (χ3v) is 2.94. The topological polar surface area (TPSA) is 67.8 Å². The quantitative estimate of drug-likeness (QED) is 0.687. The summed E-state index contributed by atoms with van der Waals surface area (Å²) in [6.07, 6.45) is 1.48. The third-order valence-electron chi connectivity index (χ3n) is 2.73. The first-order chi connectivity index (χ1) is 9.15. The Kier molecular flexibility index (Phi) is 2.68. The van der Waals surface area contributed by atoms with Crippen LogP contribution in [0.5, 0.6) is 0 Å². The van der Waals surface area contributed by atoms with Crippen LogP contribution in [0.1, 0.15) is 0 Å². The molecule has 0 amide bonds. The van der Waals surface area contributed by atoms with Crippen molar-refractivity contribution in [3.8, 4) is 5.69 Å². The van der Waals surface area contributed by atoms with Crippen LogP contribution in [0, 0.1) is 0 Å². The Labute approximate surface area is 112 Å². The Morgan fingerprint density at radius 2 is 1.95 bits per heavy atom. The first kappa shape index (κ1) is 11.7. The van der Waals surface area contributed by atoms with Gasteiger partial charge in [-0.1, -0.05) is 29.8 Å². The fraction of sp³-hybridized carbons (Fsp3) is 0. The molecule has 0 radical (unpaired) electrons. The van der Waals surface area contributed by atoms with Gasteiger partial charge in [-0.3, -0.25) is 14.8 Å². The molecule has 3 aromatic rings. The summed E-state index contributed by atoms with van der Waals surface area (Å²) >= 11 is 5.62. The molecule has 1 N–H and O–H groups in total. The SMILES string of the molecule is O=c1cc(Cl)[nH]c(=O)n1-c1cnc2ccccc2c1. The maximum absolute atomic E-state index is 11.8. The normalized spacial score (nSPS) is 10.8. The molecule has 0 saturated carbocycles. The smallest absolute Gasteiger partial charge is 0.297 e. The zero-order chi connectivity index (χ0) is 13.4. The van der Waals surface area contributed by atoms with Gasteiger partial charge in [-0.15, -0.1) is 0 Å². The van der Waals surface area contributed by atoms with Crippen molar-refractivity contribution < 1.29 is 0 Å². The van der Waals surface area contributed by atoms with E-state index in [-0.39, 0.29) is 5.15 Å². The van der Waals surface area contributed by atoms with Crippen LogP contribution >= 0.6 is 11.6 Å². The van der Waals surface area contributed by atoms with Crippen LogP contribution in [0.15, 0.2) is 52.2 Å². The van der Waals surface area contributed by atoms with Crippen LogP contribution in [0.25, 0.3) is 16.6 Å². The third kappa shape index (κ3) is 2.04. The van der Waals surface area contributed by atoms with Crippen LogP contribution in [0.4, 0.5) is 0 Å². The zero-order valence-electron chi connectivity index (χ0n) is 9.63. The van der Waals surface area contributed by atoms with E-state index < -0.39 is 11.2 Å². The van der Waals surface area contributed by atoms with Crippen molar-refractivity contribution in [1.29, 1.82) is 0 Å². The standard InChI is InChI=1S/C13H8ClN3O2/c14-11-6-12(18)17(13(19)16-11)9-5-8-3-1-2-4-10(8)15-7-9/h1-7H,(H,16,19). The number of benzene rings is 1. The molecule has 0 fully saturated rings. The molecule has 0 bridgehead atoms. The number of halogens is 1. The van der Waals surface area contributed by atoms with Gasteiger partial charge in [0, 0.05) is 11.5 Å². The van der Waals surface area contributed by atoms with Gasteiger partial charge in [0.15, 0.2) is 0 Å². The minimum atomic E-state index is -0.588. The lowest BCUT2D eigenvalue weighted by Crippen LogP contribution is -2.32. The molecule has 0 aliphatic carbocycles. The highest BCUT2D eigenvalue weighted by molar-refractivity contribution is 6.29. The van der Waals surface area contributed by atoms with Crippen LogP contribution in [0.3, 0.4) is 0 Å². The summed E-state index contributed by atoms with van der Waals surface area (Å²) in [5.41, 5.74) is 0.117. The Morgan fingerprint density at radius 3 is 2.74 bits per heavy atom. The van der Waals surface area contributed by atoms with Crippen LogP contribution in [-0.4, -0.2) is 14.5 Å². The summed E-state index contributed by atoms with van der Waals surface area (Å²) in [6, 6.07) is 10.3. The zero-order valence-corrected chi connectivity index (χ0v) is 10.4. The first-order valence-electron chi connectivity index (χ1n) is 5.52. The average Bonchev–Trinajstić information content (AvgIpc) is 2.37. The number of aromatic nitrogens is 3. The lowest BCUT2D eigenvalue weighted by atomic mass is 10.2. The van der Waals surface area contributed by atoms with Crippen LogP contribution < -0.4 is 11.2 Å². The lowest BCUT2D eigenvalue weighted by molar-refractivity contribution is 0.873. The van der Waals surface area contributed by atoms with Gasteiger partial charge in [-0.2, -0.15) is 0 Å². The number of H-pyrrole nitrogens is 1. The highest BCUT2D eigenvalue weighted by atomic mass is 35.5. The Morgan fingerprint density at radius 1 is 1.16 bits per heavy atom. The maximum Gasteiger partial charge on any atom is 0.334 e. The highest BCUT2D eigenvalue weighted by Crippen LogP contribution is 2.13. The minimum Gasteiger partial charge on any atom is -0.297 e. The molecule has 0 unspecified atom stereocenters. The van der Waals surface area contributed by atoms with E-state index in [0.717, 1.165) is 21.5 Å². The van der Waals surface area contributed by atoms with Crippen molar-refractivity contribution in [2.24, 2.45) is 0 Å². The predicted octanol–water partition coefficient (Wildman–Crippen LogP) is 1.73. The van der Waals surface area contributed by atoms with E-state index in [2.05, 4.69) is 9.97 Å². The number of para-hydroxylation sites is 1. The molecule has 2 heterocycles. The van der Waals surface area contributed by atoms with Crippen LogP contribution in [0.2, 0.25) is 5.15 Å².